The molecular formula is C26H30N2O6S. The molecule has 0 saturated heterocycles. The fourth-order valence-corrected chi connectivity index (χ4v) is 4.43. The van der Waals surface area contributed by atoms with E-state index in [1.165, 1.54) is 38.5 Å². The van der Waals surface area contributed by atoms with Crippen LogP contribution >= 0.6 is 0 Å². The normalized spacial score (nSPS) is 11.5. The molecule has 3 aromatic carbocycles. The van der Waals surface area contributed by atoms with Crippen LogP contribution in [0.25, 0.3) is 0 Å². The molecule has 0 aliphatic rings. The highest BCUT2D eigenvalue weighted by Gasteiger charge is 2.20. The Morgan fingerprint density at radius 3 is 2.20 bits per heavy atom. The van der Waals surface area contributed by atoms with Crippen molar-refractivity contribution in [3.05, 3.63) is 72.3 Å². The third-order valence-corrected chi connectivity index (χ3v) is 6.54. The molecule has 0 bridgehead atoms. The molecule has 0 aliphatic heterocycles. The topological polar surface area (TPSA) is 103 Å². The summed E-state index contributed by atoms with van der Waals surface area (Å²) >= 11 is 0. The first-order valence-electron chi connectivity index (χ1n) is 10.9. The zero-order chi connectivity index (χ0) is 25.6. The van der Waals surface area contributed by atoms with Crippen LogP contribution in [0.15, 0.2) is 71.6 Å². The molecule has 8 nitrogen and oxygen atoms in total. The molecule has 0 saturated carbocycles. The van der Waals surface area contributed by atoms with Crippen molar-refractivity contribution in [1.82, 2.24) is 0 Å². The van der Waals surface area contributed by atoms with Gasteiger partial charge < -0.3 is 19.5 Å². The molecule has 0 aromatic heterocycles. The summed E-state index contributed by atoms with van der Waals surface area (Å²) in [6.07, 6.45) is 0. The van der Waals surface area contributed by atoms with E-state index in [4.69, 9.17) is 14.2 Å². The Morgan fingerprint density at radius 2 is 1.57 bits per heavy atom. The molecule has 2 N–H and O–H groups in total. The fraction of sp³-hybridized carbons (Fsp3) is 0.269. The van der Waals surface area contributed by atoms with E-state index in [9.17, 15) is 13.2 Å². The van der Waals surface area contributed by atoms with E-state index in [-0.39, 0.29) is 28.5 Å². The molecule has 3 rings (SSSR count). The van der Waals surface area contributed by atoms with Crippen molar-refractivity contribution in [2.75, 3.05) is 30.9 Å². The number of rotatable bonds is 9. The smallest absolute Gasteiger partial charge is 0.262 e. The van der Waals surface area contributed by atoms with Gasteiger partial charge in [0.2, 0.25) is 0 Å². The molecule has 0 radical (unpaired) electrons. The summed E-state index contributed by atoms with van der Waals surface area (Å²) < 4.78 is 44.3. The fourth-order valence-electron chi connectivity index (χ4n) is 3.36. The third kappa shape index (κ3) is 6.66. The van der Waals surface area contributed by atoms with Crippen LogP contribution in [0.5, 0.6) is 17.2 Å². The summed E-state index contributed by atoms with van der Waals surface area (Å²) in [6.45, 7) is 6.05. The molecule has 35 heavy (non-hydrogen) atoms. The van der Waals surface area contributed by atoms with Gasteiger partial charge >= 0.3 is 0 Å². The first-order valence-corrected chi connectivity index (χ1v) is 12.4. The predicted molar refractivity (Wildman–Crippen MR) is 136 cm³/mol. The molecule has 0 aliphatic carbocycles. The second-order valence-electron chi connectivity index (χ2n) is 8.78. The lowest BCUT2D eigenvalue weighted by Gasteiger charge is -2.22. The van der Waals surface area contributed by atoms with Gasteiger partial charge in [-0.15, -0.1) is 0 Å². The van der Waals surface area contributed by atoms with E-state index in [1.54, 1.807) is 18.2 Å². The minimum Gasteiger partial charge on any atom is -0.497 e. The molecule has 0 fully saturated rings. The van der Waals surface area contributed by atoms with Gasteiger partial charge in [-0.05, 0) is 53.4 Å². The van der Waals surface area contributed by atoms with Gasteiger partial charge in [-0.25, -0.2) is 8.42 Å². The maximum Gasteiger partial charge on any atom is 0.262 e. The molecule has 1 amide bonds. The summed E-state index contributed by atoms with van der Waals surface area (Å²) in [5.41, 5.74) is 1.60. The van der Waals surface area contributed by atoms with Gasteiger partial charge in [-0.3, -0.25) is 9.52 Å². The summed E-state index contributed by atoms with van der Waals surface area (Å²) in [5.74, 6) is 1.16. The van der Waals surface area contributed by atoms with Gasteiger partial charge in [-0.1, -0.05) is 39.0 Å². The molecule has 0 heterocycles. The Morgan fingerprint density at radius 1 is 0.886 bits per heavy atom. The number of para-hydroxylation sites is 1. The number of hydrogen-bond donors (Lipinski definition) is 2. The number of ether oxygens (including phenoxy) is 3. The van der Waals surface area contributed by atoms with Crippen LogP contribution in [-0.2, 0) is 20.2 Å². The monoisotopic (exact) mass is 498 g/mol. The van der Waals surface area contributed by atoms with E-state index >= 15 is 0 Å². The van der Waals surface area contributed by atoms with E-state index < -0.39 is 10.0 Å². The van der Waals surface area contributed by atoms with Crippen LogP contribution < -0.4 is 24.2 Å². The van der Waals surface area contributed by atoms with Crippen LogP contribution in [0, 0.1) is 0 Å². The van der Waals surface area contributed by atoms with Gasteiger partial charge in [-0.2, -0.15) is 0 Å². The Kier molecular flexibility index (Phi) is 7.91. The average Bonchev–Trinajstić information content (AvgIpc) is 2.82. The minimum atomic E-state index is -3.88. The first kappa shape index (κ1) is 25.9. The summed E-state index contributed by atoms with van der Waals surface area (Å²) in [7, 11) is -0.934. The van der Waals surface area contributed by atoms with Crippen LogP contribution in [0.2, 0.25) is 0 Å². The lowest BCUT2D eigenvalue weighted by Crippen LogP contribution is -2.22. The molecule has 0 spiro atoms. The average molecular weight is 499 g/mol. The van der Waals surface area contributed by atoms with Crippen molar-refractivity contribution >= 4 is 27.3 Å². The van der Waals surface area contributed by atoms with Gasteiger partial charge in [0.05, 0.1) is 24.8 Å². The molecule has 9 heteroatoms. The van der Waals surface area contributed by atoms with Crippen LogP contribution in [-0.4, -0.2) is 35.2 Å². The zero-order valence-electron chi connectivity index (χ0n) is 20.4. The van der Waals surface area contributed by atoms with E-state index in [0.29, 0.717) is 22.9 Å². The third-order valence-electron chi connectivity index (χ3n) is 5.16. The minimum absolute atomic E-state index is 0.0312. The standard InChI is InChI=1S/C26H30N2O6S/c1-26(2,3)21-8-6-7-9-23(21)34-17-25(29)27-18-10-13-20(14-11-18)35(30,31)28-22-15-12-19(32-4)16-24(22)33-5/h6-16,28H,17H2,1-5H3,(H,27,29). The van der Waals surface area contributed by atoms with Gasteiger partial charge in [0.15, 0.2) is 6.61 Å². The molecule has 3 aromatic rings. The van der Waals surface area contributed by atoms with Crippen molar-refractivity contribution < 1.29 is 27.4 Å². The first-order chi connectivity index (χ1) is 16.5. The number of nitrogens with one attached hydrogen (secondary N) is 2. The highest BCUT2D eigenvalue weighted by atomic mass is 32.2. The summed E-state index contributed by atoms with van der Waals surface area (Å²) in [4.78, 5) is 12.4. The van der Waals surface area contributed by atoms with Crippen molar-refractivity contribution in [2.24, 2.45) is 0 Å². The zero-order valence-corrected chi connectivity index (χ0v) is 21.2. The lowest BCUT2D eigenvalue weighted by molar-refractivity contribution is -0.118. The SMILES string of the molecule is COc1ccc(NS(=O)(=O)c2ccc(NC(=O)COc3ccccc3C(C)(C)C)cc2)c(OC)c1. The van der Waals surface area contributed by atoms with Gasteiger partial charge in [0, 0.05) is 11.8 Å². The number of carbonyl (C=O) groups excluding carboxylic acids is 1. The molecule has 0 unspecified atom stereocenters. The van der Waals surface area contributed by atoms with Crippen LogP contribution in [0.4, 0.5) is 11.4 Å². The summed E-state index contributed by atoms with van der Waals surface area (Å²) in [5, 5.41) is 2.72. The number of methoxy groups -OCH3 is 2. The Labute approximate surface area is 206 Å². The second-order valence-corrected chi connectivity index (χ2v) is 10.5. The number of sulfonamides is 1. The maximum atomic E-state index is 12.8. The van der Waals surface area contributed by atoms with Gasteiger partial charge in [0.25, 0.3) is 15.9 Å². The molecule has 186 valence electrons. The number of carbonyl (C=O) groups is 1. The predicted octanol–water partition coefficient (Wildman–Crippen LogP) is 4.82. The van der Waals surface area contributed by atoms with Crippen molar-refractivity contribution in [3.8, 4) is 17.2 Å². The largest absolute Gasteiger partial charge is 0.497 e. The Bertz CT molecular complexity index is 1280. The van der Waals surface area contributed by atoms with Gasteiger partial charge in [0.1, 0.15) is 17.2 Å². The summed E-state index contributed by atoms with van der Waals surface area (Å²) in [6, 6.07) is 18.2. The lowest BCUT2D eigenvalue weighted by atomic mass is 9.86. The highest BCUT2D eigenvalue weighted by molar-refractivity contribution is 7.92. The quantitative estimate of drug-likeness (QED) is 0.439. The Hall–Kier alpha value is -3.72. The van der Waals surface area contributed by atoms with Crippen LogP contribution in [0.3, 0.4) is 0 Å². The van der Waals surface area contributed by atoms with Crippen LogP contribution in [0.1, 0.15) is 26.3 Å². The van der Waals surface area contributed by atoms with Crippen molar-refractivity contribution in [2.45, 2.75) is 31.1 Å². The molecular weight excluding hydrogens is 468 g/mol. The number of amides is 1. The van der Waals surface area contributed by atoms with E-state index in [2.05, 4.69) is 30.8 Å². The molecule has 0 atom stereocenters. The number of anilines is 2. The van der Waals surface area contributed by atoms with Crippen molar-refractivity contribution in [1.29, 1.82) is 0 Å². The van der Waals surface area contributed by atoms with Crippen molar-refractivity contribution in [3.63, 3.8) is 0 Å². The number of benzene rings is 3. The highest BCUT2D eigenvalue weighted by Crippen LogP contribution is 2.32. The number of hydrogen-bond acceptors (Lipinski definition) is 6. The van der Waals surface area contributed by atoms with E-state index in [0.717, 1.165) is 5.56 Å². The maximum absolute atomic E-state index is 12.8. The van der Waals surface area contributed by atoms with E-state index in [1.807, 2.05) is 24.3 Å². The Balaban J connectivity index is 1.64. The second kappa shape index (κ2) is 10.7.